The molecule has 1 N–H and O–H groups in total. The van der Waals surface area contributed by atoms with E-state index in [0.29, 0.717) is 36.8 Å². The Morgan fingerprint density at radius 3 is 2.66 bits per heavy atom. The van der Waals surface area contributed by atoms with Crippen molar-refractivity contribution in [2.24, 2.45) is 0 Å². The summed E-state index contributed by atoms with van der Waals surface area (Å²) < 4.78 is 31.7. The van der Waals surface area contributed by atoms with Gasteiger partial charge in [-0.3, -0.25) is 4.90 Å². The molecule has 2 atom stereocenters. The maximum Gasteiger partial charge on any atom is 0.181 e. The Balaban J connectivity index is 1.44. The van der Waals surface area contributed by atoms with E-state index in [0.717, 1.165) is 17.7 Å². The highest BCUT2D eigenvalue weighted by Gasteiger charge is 2.43. The van der Waals surface area contributed by atoms with Crippen LogP contribution >= 0.6 is 0 Å². The fourth-order valence-electron chi connectivity index (χ4n) is 4.45. The van der Waals surface area contributed by atoms with Crippen molar-refractivity contribution in [3.63, 3.8) is 0 Å². The summed E-state index contributed by atoms with van der Waals surface area (Å²) in [6, 6.07) is 11.7. The predicted molar refractivity (Wildman–Crippen MR) is 120 cm³/mol. The summed E-state index contributed by atoms with van der Waals surface area (Å²) in [6.07, 6.45) is 2.77. The quantitative estimate of drug-likeness (QED) is 0.455. The monoisotopic (exact) mass is 476 g/mol. The first-order valence-corrected chi connectivity index (χ1v) is 11.1. The van der Waals surface area contributed by atoms with Crippen LogP contribution in [0, 0.1) is 23.0 Å². The van der Waals surface area contributed by atoms with Crippen molar-refractivity contribution < 1.29 is 13.9 Å². The van der Waals surface area contributed by atoms with Gasteiger partial charge in [0.2, 0.25) is 0 Å². The van der Waals surface area contributed by atoms with Crippen molar-refractivity contribution in [3.8, 4) is 17.5 Å². The van der Waals surface area contributed by atoms with Crippen molar-refractivity contribution in [3.05, 3.63) is 83.7 Å². The van der Waals surface area contributed by atoms with Gasteiger partial charge in [-0.1, -0.05) is 6.07 Å². The summed E-state index contributed by atoms with van der Waals surface area (Å²) in [7, 11) is 0. The second kappa shape index (κ2) is 8.98. The minimum Gasteiger partial charge on any atom is -0.381 e. The highest BCUT2D eigenvalue weighted by Crippen LogP contribution is 2.34. The zero-order chi connectivity index (χ0) is 24.6. The topological polar surface area (TPSA) is 109 Å². The molecule has 0 unspecified atom stereocenters. The third kappa shape index (κ3) is 4.29. The molecule has 2 aromatic carbocycles. The van der Waals surface area contributed by atoms with Gasteiger partial charge in [0.25, 0.3) is 0 Å². The van der Waals surface area contributed by atoms with Crippen LogP contribution < -0.4 is 0 Å². The zero-order valence-electron chi connectivity index (χ0n) is 18.9. The second-order valence-electron chi connectivity index (χ2n) is 8.55. The van der Waals surface area contributed by atoms with E-state index in [-0.39, 0.29) is 12.1 Å². The number of nitrogens with zero attached hydrogens (tertiary/aromatic N) is 8. The first-order chi connectivity index (χ1) is 16.9. The van der Waals surface area contributed by atoms with E-state index in [1.165, 1.54) is 23.4 Å². The first-order valence-electron chi connectivity index (χ1n) is 11.1. The van der Waals surface area contributed by atoms with Crippen molar-refractivity contribution in [2.75, 3.05) is 6.54 Å². The lowest BCUT2D eigenvalue weighted by atomic mass is 9.85. The van der Waals surface area contributed by atoms with Gasteiger partial charge in [0.05, 0.1) is 31.3 Å². The van der Waals surface area contributed by atoms with Crippen LogP contribution in [0.3, 0.4) is 0 Å². The highest BCUT2D eigenvalue weighted by atomic mass is 19.1. The Labute approximate surface area is 199 Å². The molecule has 5 rings (SSSR count). The average molecular weight is 476 g/mol. The SMILES string of the molecule is C[C@@H](N1CCn2nc(-c3ccc(C#N)cc3)nc2C1)[C@](O)(Cn1cncn1)c1ccc(F)cc1F. The van der Waals surface area contributed by atoms with Crippen molar-refractivity contribution in [1.29, 1.82) is 5.26 Å². The Hall–Kier alpha value is -4.01. The average Bonchev–Trinajstić information content (AvgIpc) is 3.52. The molecule has 178 valence electrons. The fourth-order valence-corrected chi connectivity index (χ4v) is 4.45. The lowest BCUT2D eigenvalue weighted by molar-refractivity contribution is -0.0714. The molecule has 0 aliphatic carbocycles. The van der Waals surface area contributed by atoms with Crippen LogP contribution in [0.15, 0.2) is 55.1 Å². The minimum atomic E-state index is -1.73. The number of aromatic nitrogens is 6. The van der Waals surface area contributed by atoms with E-state index in [9.17, 15) is 13.9 Å². The Morgan fingerprint density at radius 2 is 1.97 bits per heavy atom. The summed E-state index contributed by atoms with van der Waals surface area (Å²) in [5, 5.41) is 29.5. The number of rotatable bonds is 6. The maximum absolute atomic E-state index is 14.9. The van der Waals surface area contributed by atoms with E-state index in [2.05, 4.69) is 26.2 Å². The molecule has 0 radical (unpaired) electrons. The molecule has 0 bridgehead atoms. The van der Waals surface area contributed by atoms with Gasteiger partial charge >= 0.3 is 0 Å². The maximum atomic E-state index is 14.9. The number of hydrogen-bond donors (Lipinski definition) is 1. The largest absolute Gasteiger partial charge is 0.381 e. The van der Waals surface area contributed by atoms with Gasteiger partial charge in [0, 0.05) is 29.8 Å². The fraction of sp³-hybridized carbons (Fsp3) is 0.292. The van der Waals surface area contributed by atoms with Crippen LogP contribution in [0.5, 0.6) is 0 Å². The molecule has 35 heavy (non-hydrogen) atoms. The lowest BCUT2D eigenvalue weighted by Gasteiger charge is -2.42. The summed E-state index contributed by atoms with van der Waals surface area (Å²) in [4.78, 5) is 10.6. The van der Waals surface area contributed by atoms with Crippen LogP contribution in [0.4, 0.5) is 8.78 Å². The third-order valence-corrected chi connectivity index (χ3v) is 6.47. The minimum absolute atomic E-state index is 0.0211. The molecule has 2 aromatic heterocycles. The molecule has 3 heterocycles. The van der Waals surface area contributed by atoms with Gasteiger partial charge in [-0.05, 0) is 37.3 Å². The highest BCUT2D eigenvalue weighted by molar-refractivity contribution is 5.56. The lowest BCUT2D eigenvalue weighted by Crippen LogP contribution is -2.53. The second-order valence-corrected chi connectivity index (χ2v) is 8.55. The number of fused-ring (bicyclic) bond motifs is 1. The zero-order valence-corrected chi connectivity index (χ0v) is 18.9. The van der Waals surface area contributed by atoms with Crippen LogP contribution in [0.2, 0.25) is 0 Å². The number of halogens is 2. The van der Waals surface area contributed by atoms with Crippen molar-refractivity contribution in [2.45, 2.75) is 38.2 Å². The summed E-state index contributed by atoms with van der Waals surface area (Å²) in [5.74, 6) is -0.308. The van der Waals surface area contributed by atoms with Gasteiger partial charge in [0.15, 0.2) is 5.82 Å². The van der Waals surface area contributed by atoms with Crippen LogP contribution in [-0.2, 0) is 25.2 Å². The molecule has 0 saturated heterocycles. The number of benzene rings is 2. The molecule has 0 fully saturated rings. The first kappa shape index (κ1) is 22.8. The molecule has 1 aliphatic heterocycles. The number of nitriles is 1. The predicted octanol–water partition coefficient (Wildman–Crippen LogP) is 2.48. The van der Waals surface area contributed by atoms with E-state index in [1.807, 2.05) is 9.58 Å². The molecule has 9 nitrogen and oxygen atoms in total. The molecular weight excluding hydrogens is 454 g/mol. The summed E-state index contributed by atoms with van der Waals surface area (Å²) in [6.45, 7) is 3.15. The van der Waals surface area contributed by atoms with Gasteiger partial charge in [-0.15, -0.1) is 0 Å². The van der Waals surface area contributed by atoms with Crippen LogP contribution in [0.1, 0.15) is 23.9 Å². The van der Waals surface area contributed by atoms with Gasteiger partial charge in [-0.2, -0.15) is 15.5 Å². The van der Waals surface area contributed by atoms with E-state index in [1.54, 1.807) is 31.2 Å². The van der Waals surface area contributed by atoms with Gasteiger partial charge in [-0.25, -0.2) is 28.1 Å². The van der Waals surface area contributed by atoms with Crippen molar-refractivity contribution in [1.82, 2.24) is 34.4 Å². The number of aliphatic hydroxyl groups is 1. The Bertz CT molecular complexity index is 1380. The van der Waals surface area contributed by atoms with Crippen LogP contribution in [-0.4, -0.2) is 52.1 Å². The molecular formula is C24H22F2N8O. The third-order valence-electron chi connectivity index (χ3n) is 6.47. The standard InChI is InChI=1S/C24H22F2N8O/c1-16(24(35,13-33-15-28-14-29-33)20-7-6-19(25)10-21(20)26)32-8-9-34-22(12-32)30-23(31-34)18-4-2-17(11-27)3-5-18/h2-7,10,14-16,35H,8-9,12-13H2,1H3/t16-,24-/m1/s1. The van der Waals surface area contributed by atoms with E-state index < -0.39 is 23.3 Å². The smallest absolute Gasteiger partial charge is 0.181 e. The Morgan fingerprint density at radius 1 is 1.17 bits per heavy atom. The molecule has 11 heteroatoms. The van der Waals surface area contributed by atoms with Gasteiger partial charge in [0.1, 0.15) is 35.7 Å². The van der Waals surface area contributed by atoms with Crippen molar-refractivity contribution >= 4 is 0 Å². The summed E-state index contributed by atoms with van der Waals surface area (Å²) >= 11 is 0. The number of hydrogen-bond acceptors (Lipinski definition) is 7. The molecule has 4 aromatic rings. The molecule has 0 amide bonds. The Kier molecular flexibility index (Phi) is 5.84. The normalized spacial score (nSPS) is 16.3. The van der Waals surface area contributed by atoms with Crippen LogP contribution in [0.25, 0.3) is 11.4 Å². The van der Waals surface area contributed by atoms with Gasteiger partial charge < -0.3 is 5.11 Å². The summed E-state index contributed by atoms with van der Waals surface area (Å²) in [5.41, 5.74) is -0.407. The van der Waals surface area contributed by atoms with E-state index in [4.69, 9.17) is 5.26 Å². The molecule has 0 spiro atoms. The van der Waals surface area contributed by atoms with E-state index >= 15 is 0 Å². The molecule has 1 aliphatic rings. The molecule has 0 saturated carbocycles.